The lowest BCUT2D eigenvalue weighted by Gasteiger charge is -2.02. The topological polar surface area (TPSA) is 46.0 Å². The minimum atomic E-state index is 0.647. The van der Waals surface area contributed by atoms with E-state index in [2.05, 4.69) is 17.1 Å². The Labute approximate surface area is 113 Å². The van der Waals surface area contributed by atoms with E-state index in [9.17, 15) is 0 Å². The van der Waals surface area contributed by atoms with Crippen molar-refractivity contribution in [2.24, 2.45) is 0 Å². The van der Waals surface area contributed by atoms with Gasteiger partial charge in [-0.25, -0.2) is 4.98 Å². The van der Waals surface area contributed by atoms with Gasteiger partial charge in [-0.1, -0.05) is 6.92 Å². The van der Waals surface area contributed by atoms with Gasteiger partial charge in [-0.15, -0.1) is 11.3 Å². The fourth-order valence-electron chi connectivity index (χ4n) is 2.81. The maximum absolute atomic E-state index is 5.31. The summed E-state index contributed by atoms with van der Waals surface area (Å²) in [4.78, 5) is 7.38. The Hall–Kier alpha value is -1.27. The lowest BCUT2D eigenvalue weighted by Crippen LogP contribution is -2.00. The van der Waals surface area contributed by atoms with Crippen molar-refractivity contribution in [2.45, 2.75) is 32.6 Å². The normalized spacial score (nSPS) is 14.7. The molecule has 0 aliphatic heterocycles. The molecule has 0 radical (unpaired) electrons. The van der Waals surface area contributed by atoms with E-state index in [1.165, 1.54) is 28.7 Å². The minimum absolute atomic E-state index is 0.647. The number of nitrogens with one attached hydrogen (secondary N) is 1. The molecule has 92 valence electrons. The summed E-state index contributed by atoms with van der Waals surface area (Å²) >= 11 is 7.14. The molecule has 0 saturated heterocycles. The van der Waals surface area contributed by atoms with Crippen LogP contribution in [0.4, 0.5) is 0 Å². The SMILES string of the molecule is CCc1nc2sc3c(c2c2n[nH]c(=S)n12)CCC3. The second-order valence-electron chi connectivity index (χ2n) is 4.61. The highest BCUT2D eigenvalue weighted by Gasteiger charge is 2.22. The summed E-state index contributed by atoms with van der Waals surface area (Å²) in [5.74, 6) is 0.996. The van der Waals surface area contributed by atoms with Crippen LogP contribution in [-0.2, 0) is 19.3 Å². The molecule has 1 N–H and O–H groups in total. The molecule has 0 unspecified atom stereocenters. The van der Waals surface area contributed by atoms with Crippen LogP contribution in [0.3, 0.4) is 0 Å². The Bertz CT molecular complexity index is 824. The third-order valence-corrected chi connectivity index (χ3v) is 5.06. The number of aromatic nitrogens is 4. The number of fused-ring (bicyclic) bond motifs is 5. The highest BCUT2D eigenvalue weighted by molar-refractivity contribution is 7.71. The first kappa shape index (κ1) is 10.6. The molecule has 0 amide bonds. The van der Waals surface area contributed by atoms with Crippen molar-refractivity contribution < 1.29 is 0 Å². The van der Waals surface area contributed by atoms with Crippen LogP contribution in [0.1, 0.15) is 29.6 Å². The average Bonchev–Trinajstić information content (AvgIpc) is 3.02. The maximum atomic E-state index is 5.31. The second-order valence-corrected chi connectivity index (χ2v) is 6.08. The van der Waals surface area contributed by atoms with Crippen molar-refractivity contribution in [3.05, 3.63) is 21.0 Å². The lowest BCUT2D eigenvalue weighted by atomic mass is 10.2. The van der Waals surface area contributed by atoms with Crippen LogP contribution >= 0.6 is 23.6 Å². The van der Waals surface area contributed by atoms with Gasteiger partial charge in [0, 0.05) is 11.3 Å². The zero-order chi connectivity index (χ0) is 12.3. The monoisotopic (exact) mass is 276 g/mol. The van der Waals surface area contributed by atoms with Gasteiger partial charge in [0.1, 0.15) is 10.7 Å². The quantitative estimate of drug-likeness (QED) is 0.695. The molecule has 0 aromatic carbocycles. The van der Waals surface area contributed by atoms with Gasteiger partial charge in [-0.2, -0.15) is 5.10 Å². The third-order valence-electron chi connectivity index (χ3n) is 3.60. The summed E-state index contributed by atoms with van der Waals surface area (Å²) < 4.78 is 2.64. The molecule has 1 aliphatic carbocycles. The predicted molar refractivity (Wildman–Crippen MR) is 75.0 cm³/mol. The molecule has 0 fully saturated rings. The van der Waals surface area contributed by atoms with Crippen LogP contribution in [0.5, 0.6) is 0 Å². The van der Waals surface area contributed by atoms with Gasteiger partial charge < -0.3 is 0 Å². The Morgan fingerprint density at radius 3 is 3.17 bits per heavy atom. The molecular formula is C12H12N4S2. The van der Waals surface area contributed by atoms with E-state index < -0.39 is 0 Å². The van der Waals surface area contributed by atoms with Crippen molar-refractivity contribution in [2.75, 3.05) is 0 Å². The van der Waals surface area contributed by atoms with Crippen LogP contribution in [0.15, 0.2) is 0 Å². The van der Waals surface area contributed by atoms with E-state index in [4.69, 9.17) is 17.2 Å². The average molecular weight is 276 g/mol. The van der Waals surface area contributed by atoms with Crippen LogP contribution < -0.4 is 0 Å². The summed E-state index contributed by atoms with van der Waals surface area (Å²) in [6, 6.07) is 0. The van der Waals surface area contributed by atoms with Crippen LogP contribution in [0, 0.1) is 4.77 Å². The molecule has 0 bridgehead atoms. The first-order valence-corrected chi connectivity index (χ1v) is 7.42. The molecule has 4 rings (SSSR count). The van der Waals surface area contributed by atoms with Crippen molar-refractivity contribution in [3.8, 4) is 0 Å². The van der Waals surface area contributed by atoms with Gasteiger partial charge in [0.05, 0.1) is 5.39 Å². The van der Waals surface area contributed by atoms with Gasteiger partial charge in [0.25, 0.3) is 0 Å². The summed E-state index contributed by atoms with van der Waals surface area (Å²) in [7, 11) is 0. The van der Waals surface area contributed by atoms with E-state index in [1.807, 2.05) is 15.7 Å². The first-order chi connectivity index (χ1) is 8.79. The zero-order valence-corrected chi connectivity index (χ0v) is 11.6. The molecule has 6 heteroatoms. The second kappa shape index (κ2) is 3.61. The molecule has 1 aliphatic rings. The largest absolute Gasteiger partial charge is 0.255 e. The summed E-state index contributed by atoms with van der Waals surface area (Å²) in [6.07, 6.45) is 4.46. The smallest absolute Gasteiger partial charge is 0.201 e. The van der Waals surface area contributed by atoms with Gasteiger partial charge in [-0.3, -0.25) is 9.50 Å². The predicted octanol–water partition coefficient (Wildman–Crippen LogP) is 3.05. The third kappa shape index (κ3) is 1.22. The van der Waals surface area contributed by atoms with Crippen molar-refractivity contribution in [3.63, 3.8) is 0 Å². The number of aromatic amines is 1. The fourth-order valence-corrected chi connectivity index (χ4v) is 4.32. The van der Waals surface area contributed by atoms with E-state index >= 15 is 0 Å². The van der Waals surface area contributed by atoms with Gasteiger partial charge in [0.15, 0.2) is 5.65 Å². The highest BCUT2D eigenvalue weighted by atomic mass is 32.1. The molecule has 3 aromatic rings. The molecule has 18 heavy (non-hydrogen) atoms. The van der Waals surface area contributed by atoms with Crippen LogP contribution in [0.2, 0.25) is 0 Å². The Morgan fingerprint density at radius 1 is 1.44 bits per heavy atom. The lowest BCUT2D eigenvalue weighted by molar-refractivity contribution is 0.897. The molecular weight excluding hydrogens is 264 g/mol. The number of nitrogens with zero attached hydrogens (tertiary/aromatic N) is 3. The summed E-state index contributed by atoms with van der Waals surface area (Å²) in [6.45, 7) is 2.10. The maximum Gasteiger partial charge on any atom is 0.201 e. The minimum Gasteiger partial charge on any atom is -0.255 e. The Kier molecular flexibility index (Phi) is 2.14. The molecule has 0 atom stereocenters. The molecule has 4 nitrogen and oxygen atoms in total. The van der Waals surface area contributed by atoms with Crippen molar-refractivity contribution >= 4 is 39.4 Å². The van der Waals surface area contributed by atoms with Crippen molar-refractivity contribution in [1.29, 1.82) is 0 Å². The zero-order valence-electron chi connectivity index (χ0n) is 9.99. The van der Waals surface area contributed by atoms with Crippen LogP contribution in [-0.4, -0.2) is 19.6 Å². The number of rotatable bonds is 1. The Balaban J connectivity index is 2.28. The standard InChI is InChI=1S/C12H12N4S2/c1-2-8-13-11-9(6-4-3-5-7(6)18-11)10-14-15-12(17)16(8)10/h2-5H2,1H3,(H,15,17). The van der Waals surface area contributed by atoms with Crippen LogP contribution in [0.25, 0.3) is 15.9 Å². The van der Waals surface area contributed by atoms with Gasteiger partial charge in [0.2, 0.25) is 4.77 Å². The van der Waals surface area contributed by atoms with E-state index in [-0.39, 0.29) is 0 Å². The number of hydrogen-bond acceptors (Lipinski definition) is 4. The van der Waals surface area contributed by atoms with Gasteiger partial charge in [-0.05, 0) is 37.0 Å². The Morgan fingerprint density at radius 2 is 2.33 bits per heavy atom. The number of H-pyrrole nitrogens is 1. The van der Waals surface area contributed by atoms with E-state index in [1.54, 1.807) is 0 Å². The highest BCUT2D eigenvalue weighted by Crippen LogP contribution is 2.38. The van der Waals surface area contributed by atoms with Gasteiger partial charge >= 0.3 is 0 Å². The van der Waals surface area contributed by atoms with E-state index in [0.29, 0.717) is 4.77 Å². The summed E-state index contributed by atoms with van der Waals surface area (Å²) in [5.41, 5.74) is 2.41. The number of thiophene rings is 1. The van der Waals surface area contributed by atoms with Crippen molar-refractivity contribution in [1.82, 2.24) is 19.6 Å². The number of hydrogen-bond donors (Lipinski definition) is 1. The van der Waals surface area contributed by atoms with E-state index in [0.717, 1.165) is 29.1 Å². The summed E-state index contributed by atoms with van der Waals surface area (Å²) in [5, 5.41) is 8.54. The fraction of sp³-hybridized carbons (Fsp3) is 0.417. The first-order valence-electron chi connectivity index (χ1n) is 6.20. The molecule has 0 saturated carbocycles. The number of aryl methyl sites for hydroxylation is 3. The molecule has 0 spiro atoms. The molecule has 3 aromatic heterocycles. The molecule has 3 heterocycles.